The Morgan fingerprint density at radius 3 is 2.82 bits per heavy atom. The average molecular weight is 376 g/mol. The highest BCUT2D eigenvalue weighted by Gasteiger charge is 2.22. The van der Waals surface area contributed by atoms with Crippen molar-refractivity contribution in [2.75, 3.05) is 17.3 Å². The van der Waals surface area contributed by atoms with Crippen molar-refractivity contribution in [3.63, 3.8) is 0 Å². The van der Waals surface area contributed by atoms with Gasteiger partial charge in [-0.2, -0.15) is 15.3 Å². The van der Waals surface area contributed by atoms with E-state index in [9.17, 15) is 4.79 Å². The van der Waals surface area contributed by atoms with Crippen LogP contribution < -0.4 is 10.2 Å². The molecule has 0 radical (unpaired) electrons. The molecule has 3 aromatic rings. The van der Waals surface area contributed by atoms with Crippen molar-refractivity contribution in [2.45, 2.75) is 38.3 Å². The van der Waals surface area contributed by atoms with Gasteiger partial charge in [0.15, 0.2) is 5.65 Å². The summed E-state index contributed by atoms with van der Waals surface area (Å²) < 4.78 is 1.56. The topological polar surface area (TPSA) is 113 Å². The average Bonchev–Trinajstić information content (AvgIpc) is 3.38. The number of carbonyl (C=O) groups excluding carboxylic acids is 1. The second-order valence-corrected chi connectivity index (χ2v) is 6.89. The van der Waals surface area contributed by atoms with Crippen LogP contribution in [-0.4, -0.2) is 43.7 Å². The lowest BCUT2D eigenvalue weighted by Gasteiger charge is -2.24. The molecule has 3 aromatic heterocycles. The quantitative estimate of drug-likeness (QED) is 0.725. The Hall–Kier alpha value is -3.54. The van der Waals surface area contributed by atoms with Gasteiger partial charge in [-0.3, -0.25) is 4.79 Å². The first-order chi connectivity index (χ1) is 13.6. The third kappa shape index (κ3) is 3.62. The molecule has 0 aliphatic heterocycles. The maximum atomic E-state index is 12.4. The summed E-state index contributed by atoms with van der Waals surface area (Å²) in [6.45, 7) is 0.0209. The van der Waals surface area contributed by atoms with Crippen LogP contribution in [0.25, 0.3) is 11.0 Å². The molecule has 1 aliphatic rings. The highest BCUT2D eigenvalue weighted by atomic mass is 16.2. The molecule has 9 nitrogen and oxygen atoms in total. The molecule has 0 spiro atoms. The Morgan fingerprint density at radius 2 is 2.11 bits per heavy atom. The number of anilines is 2. The zero-order chi connectivity index (χ0) is 19.5. The van der Waals surface area contributed by atoms with Crippen molar-refractivity contribution in [2.24, 2.45) is 0 Å². The van der Waals surface area contributed by atoms with E-state index < -0.39 is 0 Å². The highest BCUT2D eigenvalue weighted by Crippen LogP contribution is 2.25. The third-order valence-corrected chi connectivity index (χ3v) is 5.01. The van der Waals surface area contributed by atoms with Gasteiger partial charge in [0.25, 0.3) is 0 Å². The summed E-state index contributed by atoms with van der Waals surface area (Å²) in [5.74, 6) is 0.402. The van der Waals surface area contributed by atoms with E-state index in [0.29, 0.717) is 29.0 Å². The first-order valence-electron chi connectivity index (χ1n) is 9.21. The van der Waals surface area contributed by atoms with Crippen LogP contribution in [-0.2, 0) is 11.3 Å². The van der Waals surface area contributed by atoms with Crippen molar-refractivity contribution >= 4 is 28.6 Å². The molecule has 1 N–H and O–H groups in total. The van der Waals surface area contributed by atoms with Gasteiger partial charge in [0.2, 0.25) is 11.9 Å². The minimum Gasteiger partial charge on any atom is -0.341 e. The Labute approximate surface area is 162 Å². The molecule has 1 saturated carbocycles. The van der Waals surface area contributed by atoms with Crippen molar-refractivity contribution in [1.82, 2.24) is 24.7 Å². The number of nitrogens with one attached hydrogen (secondary N) is 1. The van der Waals surface area contributed by atoms with Crippen LogP contribution >= 0.6 is 0 Å². The van der Waals surface area contributed by atoms with Crippen LogP contribution in [0.15, 0.2) is 30.7 Å². The Morgan fingerprint density at radius 1 is 1.29 bits per heavy atom. The van der Waals surface area contributed by atoms with Crippen LogP contribution in [0.1, 0.15) is 31.4 Å². The molecule has 0 aromatic carbocycles. The Kier molecular flexibility index (Phi) is 4.85. The molecule has 0 atom stereocenters. The summed E-state index contributed by atoms with van der Waals surface area (Å²) in [7, 11) is 2.02. The summed E-state index contributed by atoms with van der Waals surface area (Å²) in [4.78, 5) is 27.5. The predicted octanol–water partition coefficient (Wildman–Crippen LogP) is 2.11. The molecular formula is C19H20N8O. The second kappa shape index (κ2) is 7.60. The van der Waals surface area contributed by atoms with Crippen molar-refractivity contribution < 1.29 is 4.79 Å². The highest BCUT2D eigenvalue weighted by molar-refractivity contribution is 5.91. The molecule has 3 heterocycles. The number of hydrogen-bond donors (Lipinski definition) is 1. The smallest absolute Gasteiger partial charge is 0.246 e. The van der Waals surface area contributed by atoms with E-state index in [1.165, 1.54) is 19.0 Å². The van der Waals surface area contributed by atoms with Gasteiger partial charge in [-0.15, -0.1) is 0 Å². The van der Waals surface area contributed by atoms with E-state index in [1.54, 1.807) is 29.2 Å². The fraction of sp³-hybridized carbons (Fsp3) is 0.368. The van der Waals surface area contributed by atoms with Gasteiger partial charge in [-0.05, 0) is 25.0 Å². The van der Waals surface area contributed by atoms with E-state index >= 15 is 0 Å². The normalized spacial score (nSPS) is 14.1. The van der Waals surface area contributed by atoms with Gasteiger partial charge in [0, 0.05) is 19.3 Å². The van der Waals surface area contributed by atoms with Crippen LogP contribution in [0.3, 0.4) is 0 Å². The fourth-order valence-electron chi connectivity index (χ4n) is 3.47. The molecule has 0 saturated heterocycles. The maximum Gasteiger partial charge on any atom is 0.246 e. The standard InChI is InChI=1S/C19H20N8O/c1-26(16-4-2-3-5-16)19-22-9-13-10-23-27(18(13)25-19)12-17(28)24-15-7-6-14(8-20)21-11-15/h6-7,9-11,16H,2-5,12H2,1H3,(H,24,28). The molecule has 28 heavy (non-hydrogen) atoms. The number of hydrogen-bond acceptors (Lipinski definition) is 7. The molecule has 1 amide bonds. The lowest BCUT2D eigenvalue weighted by Crippen LogP contribution is -2.30. The number of amides is 1. The van der Waals surface area contributed by atoms with E-state index in [2.05, 4.69) is 30.3 Å². The van der Waals surface area contributed by atoms with Crippen LogP contribution in [0.5, 0.6) is 0 Å². The van der Waals surface area contributed by atoms with E-state index in [0.717, 1.165) is 18.2 Å². The maximum absolute atomic E-state index is 12.4. The van der Waals surface area contributed by atoms with E-state index in [-0.39, 0.29) is 12.5 Å². The molecule has 4 rings (SSSR count). The van der Waals surface area contributed by atoms with Crippen LogP contribution in [0.2, 0.25) is 0 Å². The number of nitrogens with zero attached hydrogens (tertiary/aromatic N) is 7. The first-order valence-corrected chi connectivity index (χ1v) is 9.21. The number of nitriles is 1. The molecule has 0 bridgehead atoms. The summed E-state index contributed by atoms with van der Waals surface area (Å²) in [5.41, 5.74) is 1.45. The van der Waals surface area contributed by atoms with Crippen LogP contribution in [0, 0.1) is 11.3 Å². The van der Waals surface area contributed by atoms with Gasteiger partial charge in [-0.25, -0.2) is 14.6 Å². The van der Waals surface area contributed by atoms with E-state index in [4.69, 9.17) is 5.26 Å². The summed E-state index contributed by atoms with van der Waals surface area (Å²) in [6.07, 6.45) is 9.63. The van der Waals surface area contributed by atoms with Crippen molar-refractivity contribution in [3.05, 3.63) is 36.4 Å². The molecule has 0 unspecified atom stereocenters. The van der Waals surface area contributed by atoms with Crippen LogP contribution in [0.4, 0.5) is 11.6 Å². The minimum absolute atomic E-state index is 0.0209. The second-order valence-electron chi connectivity index (χ2n) is 6.89. The number of pyridine rings is 1. The Bertz CT molecular complexity index is 1030. The number of carbonyl (C=O) groups is 1. The molecule has 1 aliphatic carbocycles. The molecule has 142 valence electrons. The van der Waals surface area contributed by atoms with Gasteiger partial charge in [0.1, 0.15) is 18.3 Å². The number of fused-ring (bicyclic) bond motifs is 1. The van der Waals surface area contributed by atoms with Gasteiger partial charge in [-0.1, -0.05) is 12.8 Å². The zero-order valence-electron chi connectivity index (χ0n) is 15.5. The summed E-state index contributed by atoms with van der Waals surface area (Å²) in [5, 5.41) is 16.6. The van der Waals surface area contributed by atoms with E-state index in [1.807, 2.05) is 13.1 Å². The fourth-order valence-corrected chi connectivity index (χ4v) is 3.47. The Balaban J connectivity index is 1.50. The lowest BCUT2D eigenvalue weighted by molar-refractivity contribution is -0.116. The summed E-state index contributed by atoms with van der Waals surface area (Å²) in [6, 6.07) is 5.59. The monoisotopic (exact) mass is 376 g/mol. The van der Waals surface area contributed by atoms with Gasteiger partial charge < -0.3 is 10.2 Å². The van der Waals surface area contributed by atoms with Gasteiger partial charge in [0.05, 0.1) is 23.5 Å². The first kappa shape index (κ1) is 17.9. The molecular weight excluding hydrogens is 356 g/mol. The molecule has 9 heteroatoms. The zero-order valence-corrected chi connectivity index (χ0v) is 15.5. The summed E-state index contributed by atoms with van der Waals surface area (Å²) >= 11 is 0. The third-order valence-electron chi connectivity index (χ3n) is 5.01. The minimum atomic E-state index is -0.249. The molecule has 1 fully saturated rings. The lowest BCUT2D eigenvalue weighted by atomic mass is 10.2. The van der Waals surface area contributed by atoms with Gasteiger partial charge >= 0.3 is 0 Å². The SMILES string of the molecule is CN(c1ncc2cnn(CC(=O)Nc3ccc(C#N)nc3)c2n1)C1CCCC1. The van der Waals surface area contributed by atoms with Crippen molar-refractivity contribution in [1.29, 1.82) is 5.26 Å². The number of aromatic nitrogens is 5. The number of rotatable bonds is 5. The largest absolute Gasteiger partial charge is 0.341 e. The predicted molar refractivity (Wildman–Crippen MR) is 104 cm³/mol. The van der Waals surface area contributed by atoms with Crippen molar-refractivity contribution in [3.8, 4) is 6.07 Å².